The second-order valence-electron chi connectivity index (χ2n) is 7.90. The Morgan fingerprint density at radius 2 is 1.59 bits per heavy atom. The number of rotatable bonds is 10. The predicted octanol–water partition coefficient (Wildman–Crippen LogP) is 7.08. The summed E-state index contributed by atoms with van der Waals surface area (Å²) in [5.74, 6) is 2.31. The Balaban J connectivity index is 1.47. The van der Waals surface area contributed by atoms with E-state index in [-0.39, 0.29) is 0 Å². The van der Waals surface area contributed by atoms with Gasteiger partial charge in [-0.25, -0.2) is 0 Å². The summed E-state index contributed by atoms with van der Waals surface area (Å²) in [4.78, 5) is 0. The van der Waals surface area contributed by atoms with Crippen molar-refractivity contribution < 1.29 is 14.2 Å². The van der Waals surface area contributed by atoms with Crippen LogP contribution in [0.3, 0.4) is 0 Å². The van der Waals surface area contributed by atoms with Gasteiger partial charge in [0.25, 0.3) is 0 Å². The van der Waals surface area contributed by atoms with Gasteiger partial charge in [0.15, 0.2) is 11.5 Å². The lowest BCUT2D eigenvalue weighted by molar-refractivity contribution is 0.303. The molecule has 0 aliphatic carbocycles. The van der Waals surface area contributed by atoms with Crippen LogP contribution in [0.25, 0.3) is 10.8 Å². The molecule has 0 bridgehead atoms. The van der Waals surface area contributed by atoms with Gasteiger partial charge < -0.3 is 19.5 Å². The highest BCUT2D eigenvalue weighted by Gasteiger charge is 2.11. The molecule has 1 N–H and O–H groups in total. The van der Waals surface area contributed by atoms with Gasteiger partial charge in [0.05, 0.1) is 14.2 Å². The molecule has 0 saturated heterocycles. The van der Waals surface area contributed by atoms with Gasteiger partial charge >= 0.3 is 0 Å². The van der Waals surface area contributed by atoms with Crippen molar-refractivity contribution >= 4 is 34.0 Å². The molecule has 4 rings (SSSR count). The van der Waals surface area contributed by atoms with Crippen LogP contribution in [-0.2, 0) is 19.6 Å². The third-order valence-corrected chi connectivity index (χ3v) is 6.32. The first kappa shape index (κ1) is 24.2. The van der Waals surface area contributed by atoms with E-state index < -0.39 is 0 Å². The summed E-state index contributed by atoms with van der Waals surface area (Å²) in [7, 11) is 3.29. The first-order valence-corrected chi connectivity index (χ1v) is 11.8. The van der Waals surface area contributed by atoms with Crippen molar-refractivity contribution in [1.29, 1.82) is 0 Å². The molecule has 0 unspecified atom stereocenters. The average molecular weight is 496 g/mol. The van der Waals surface area contributed by atoms with Gasteiger partial charge in [-0.1, -0.05) is 65.7 Å². The van der Waals surface area contributed by atoms with Crippen LogP contribution in [0.2, 0.25) is 10.0 Å². The monoisotopic (exact) mass is 495 g/mol. The topological polar surface area (TPSA) is 39.7 Å². The van der Waals surface area contributed by atoms with Gasteiger partial charge in [0, 0.05) is 27.7 Å². The summed E-state index contributed by atoms with van der Waals surface area (Å²) in [6.07, 6.45) is 0.863. The van der Waals surface area contributed by atoms with Crippen LogP contribution in [-0.4, -0.2) is 20.8 Å². The van der Waals surface area contributed by atoms with E-state index >= 15 is 0 Å². The molecule has 4 nitrogen and oxygen atoms in total. The molecule has 0 spiro atoms. The van der Waals surface area contributed by atoms with Crippen LogP contribution in [0.15, 0.2) is 72.8 Å². The smallest absolute Gasteiger partial charge is 0.160 e. The maximum atomic E-state index is 6.34. The van der Waals surface area contributed by atoms with Gasteiger partial charge in [-0.05, 0) is 59.6 Å². The van der Waals surface area contributed by atoms with Crippen molar-refractivity contribution in [3.8, 4) is 17.2 Å². The van der Waals surface area contributed by atoms with E-state index in [4.69, 9.17) is 37.4 Å². The fourth-order valence-electron chi connectivity index (χ4n) is 3.91. The molecule has 0 fully saturated rings. The Morgan fingerprint density at radius 3 is 2.38 bits per heavy atom. The molecule has 6 heteroatoms. The van der Waals surface area contributed by atoms with Gasteiger partial charge in [0.1, 0.15) is 12.4 Å². The zero-order valence-corrected chi connectivity index (χ0v) is 20.7. The van der Waals surface area contributed by atoms with E-state index in [1.54, 1.807) is 20.3 Å². The molecule has 34 heavy (non-hydrogen) atoms. The number of fused-ring (bicyclic) bond motifs is 1. The molecule has 0 atom stereocenters. The molecule has 0 saturated carbocycles. The van der Waals surface area contributed by atoms with Gasteiger partial charge in [0.2, 0.25) is 0 Å². The van der Waals surface area contributed by atoms with Crippen molar-refractivity contribution in [2.45, 2.75) is 19.6 Å². The van der Waals surface area contributed by atoms with E-state index in [0.29, 0.717) is 23.2 Å². The number of ether oxygens (including phenoxy) is 3. The second kappa shape index (κ2) is 11.5. The lowest BCUT2D eigenvalue weighted by atomic mass is 10.0. The quantitative estimate of drug-likeness (QED) is 0.238. The Kier molecular flexibility index (Phi) is 8.17. The van der Waals surface area contributed by atoms with E-state index in [2.05, 4.69) is 35.6 Å². The SMILES string of the molecule is COc1ccc(CCNCc2c(OCc3ccc(Cl)cc3Cl)ccc3ccccc23)cc1OC. The number of nitrogens with one attached hydrogen (secondary N) is 1. The van der Waals surface area contributed by atoms with Crippen LogP contribution in [0.4, 0.5) is 0 Å². The molecule has 176 valence electrons. The molecule has 0 heterocycles. The minimum atomic E-state index is 0.368. The summed E-state index contributed by atoms with van der Waals surface area (Å²) < 4.78 is 17.0. The molecule has 0 aromatic heterocycles. The molecular weight excluding hydrogens is 469 g/mol. The number of methoxy groups -OCH3 is 2. The van der Waals surface area contributed by atoms with Crippen molar-refractivity contribution in [2.75, 3.05) is 20.8 Å². The van der Waals surface area contributed by atoms with Crippen molar-refractivity contribution in [3.63, 3.8) is 0 Å². The molecule has 0 radical (unpaired) electrons. The third kappa shape index (κ3) is 5.76. The fourth-order valence-corrected chi connectivity index (χ4v) is 4.37. The highest BCUT2D eigenvalue weighted by Crippen LogP contribution is 2.30. The second-order valence-corrected chi connectivity index (χ2v) is 8.75. The van der Waals surface area contributed by atoms with Crippen LogP contribution >= 0.6 is 23.2 Å². The molecule has 4 aromatic carbocycles. The highest BCUT2D eigenvalue weighted by molar-refractivity contribution is 6.35. The summed E-state index contributed by atoms with van der Waals surface area (Å²) in [5, 5.41) is 7.12. The van der Waals surface area contributed by atoms with Crippen LogP contribution in [0.1, 0.15) is 16.7 Å². The van der Waals surface area contributed by atoms with E-state index in [1.807, 2.05) is 36.4 Å². The Hall–Kier alpha value is -2.92. The maximum Gasteiger partial charge on any atom is 0.160 e. The average Bonchev–Trinajstić information content (AvgIpc) is 2.86. The largest absolute Gasteiger partial charge is 0.493 e. The maximum absolute atomic E-state index is 6.34. The summed E-state index contributed by atoms with van der Waals surface area (Å²) in [5.41, 5.74) is 3.19. The Bertz CT molecular complexity index is 1280. The van der Waals surface area contributed by atoms with Crippen molar-refractivity contribution in [1.82, 2.24) is 5.32 Å². The van der Waals surface area contributed by atoms with Crippen molar-refractivity contribution in [3.05, 3.63) is 99.5 Å². The number of hydrogen-bond donors (Lipinski definition) is 1. The van der Waals surface area contributed by atoms with E-state index in [0.717, 1.165) is 41.3 Å². The van der Waals surface area contributed by atoms with Crippen LogP contribution in [0.5, 0.6) is 17.2 Å². The first-order valence-electron chi connectivity index (χ1n) is 11.1. The fraction of sp³-hybridized carbons (Fsp3) is 0.214. The zero-order chi connectivity index (χ0) is 23.9. The number of benzene rings is 4. The highest BCUT2D eigenvalue weighted by atomic mass is 35.5. The normalized spacial score (nSPS) is 10.9. The van der Waals surface area contributed by atoms with E-state index in [9.17, 15) is 0 Å². The number of hydrogen-bond acceptors (Lipinski definition) is 4. The summed E-state index contributed by atoms with van der Waals surface area (Å²) >= 11 is 12.4. The molecule has 4 aromatic rings. The number of halogens is 2. The molecule has 0 aliphatic rings. The Labute approximate surface area is 210 Å². The van der Waals surface area contributed by atoms with Gasteiger partial charge in [-0.2, -0.15) is 0 Å². The zero-order valence-electron chi connectivity index (χ0n) is 19.2. The summed E-state index contributed by atoms with van der Waals surface area (Å²) in [6, 6.07) is 23.9. The lowest BCUT2D eigenvalue weighted by Crippen LogP contribution is -2.17. The first-order chi connectivity index (χ1) is 16.6. The molecule has 0 aliphatic heterocycles. The lowest BCUT2D eigenvalue weighted by Gasteiger charge is -2.16. The van der Waals surface area contributed by atoms with Gasteiger partial charge in [-0.15, -0.1) is 0 Å². The Morgan fingerprint density at radius 1 is 0.794 bits per heavy atom. The molecular formula is C28H27Cl2NO3. The summed E-state index contributed by atoms with van der Waals surface area (Å²) in [6.45, 7) is 1.85. The van der Waals surface area contributed by atoms with Crippen LogP contribution in [0, 0.1) is 0 Å². The standard InChI is InChI=1S/C28H27Cl2NO3/c1-32-27-11-7-19(15-28(27)33-2)13-14-31-17-24-23-6-4-3-5-20(23)9-12-26(24)34-18-21-8-10-22(29)16-25(21)30/h3-12,15-16,31H,13-14,17-18H2,1-2H3. The van der Waals surface area contributed by atoms with E-state index in [1.165, 1.54) is 16.3 Å². The predicted molar refractivity (Wildman–Crippen MR) is 140 cm³/mol. The van der Waals surface area contributed by atoms with Crippen molar-refractivity contribution in [2.24, 2.45) is 0 Å². The minimum Gasteiger partial charge on any atom is -0.493 e. The van der Waals surface area contributed by atoms with Crippen LogP contribution < -0.4 is 19.5 Å². The third-order valence-electron chi connectivity index (χ3n) is 5.74. The molecule has 0 amide bonds. The minimum absolute atomic E-state index is 0.368. The van der Waals surface area contributed by atoms with Gasteiger partial charge in [-0.3, -0.25) is 0 Å².